The van der Waals surface area contributed by atoms with Gasteiger partial charge in [-0.3, -0.25) is 4.79 Å². The first-order chi connectivity index (χ1) is 8.70. The van der Waals surface area contributed by atoms with Crippen LogP contribution in [0, 0.1) is 0 Å². The van der Waals surface area contributed by atoms with E-state index in [0.29, 0.717) is 17.3 Å². The molecule has 1 heterocycles. The normalized spacial score (nSPS) is 10.1. The predicted molar refractivity (Wildman–Crippen MR) is 69.5 cm³/mol. The first-order valence-corrected chi connectivity index (χ1v) is 5.70. The summed E-state index contributed by atoms with van der Waals surface area (Å²) in [6.45, 7) is 3.90. The van der Waals surface area contributed by atoms with Crippen molar-refractivity contribution in [3.63, 3.8) is 0 Å². The van der Waals surface area contributed by atoms with Crippen LogP contribution in [0.25, 0.3) is 11.3 Å². The van der Waals surface area contributed by atoms with E-state index in [9.17, 15) is 4.79 Å². The maximum atomic E-state index is 11.6. The van der Waals surface area contributed by atoms with Gasteiger partial charge in [-0.1, -0.05) is 35.0 Å². The van der Waals surface area contributed by atoms with Crippen LogP contribution in [0.2, 0.25) is 5.02 Å². The number of amides is 1. The Morgan fingerprint density at radius 2 is 2.33 bits per heavy atom. The molecule has 0 atom stereocenters. The van der Waals surface area contributed by atoms with E-state index in [0.717, 1.165) is 5.56 Å². The highest BCUT2D eigenvalue weighted by atomic mass is 35.5. The van der Waals surface area contributed by atoms with Gasteiger partial charge >= 0.3 is 0 Å². The lowest BCUT2D eigenvalue weighted by atomic mass is 10.1. The number of aromatic nitrogens is 1. The lowest BCUT2D eigenvalue weighted by Crippen LogP contribution is -2.23. The molecule has 0 spiro atoms. The molecule has 0 aliphatic rings. The van der Waals surface area contributed by atoms with E-state index in [1.54, 1.807) is 30.3 Å². The van der Waals surface area contributed by atoms with Crippen molar-refractivity contribution in [3.05, 3.63) is 53.7 Å². The summed E-state index contributed by atoms with van der Waals surface area (Å²) in [4.78, 5) is 11.6. The zero-order valence-corrected chi connectivity index (χ0v) is 10.3. The Hall–Kier alpha value is -2.07. The fourth-order valence-electron chi connectivity index (χ4n) is 1.42. The van der Waals surface area contributed by atoms with Crippen LogP contribution in [0.4, 0.5) is 0 Å². The van der Waals surface area contributed by atoms with E-state index >= 15 is 0 Å². The highest BCUT2D eigenvalue weighted by Gasteiger charge is 2.12. The number of rotatable bonds is 4. The SMILES string of the molecule is C=CCNC(=O)c1cc(-c2cccc(Cl)c2)on1. The molecule has 0 radical (unpaired) electrons. The molecular weight excluding hydrogens is 252 g/mol. The molecule has 0 fully saturated rings. The van der Waals surface area contributed by atoms with Crippen LogP contribution >= 0.6 is 11.6 Å². The molecule has 5 heteroatoms. The second-order valence-electron chi connectivity index (χ2n) is 3.59. The van der Waals surface area contributed by atoms with Gasteiger partial charge in [-0.05, 0) is 12.1 Å². The molecular formula is C13H11ClN2O2. The maximum absolute atomic E-state index is 11.6. The number of carbonyl (C=O) groups is 1. The number of halogens is 1. The van der Waals surface area contributed by atoms with E-state index in [1.807, 2.05) is 6.07 Å². The molecule has 2 aromatic rings. The highest BCUT2D eigenvalue weighted by molar-refractivity contribution is 6.30. The molecule has 18 heavy (non-hydrogen) atoms. The van der Waals surface area contributed by atoms with Gasteiger partial charge in [0.25, 0.3) is 5.91 Å². The monoisotopic (exact) mass is 262 g/mol. The molecule has 1 aromatic heterocycles. The summed E-state index contributed by atoms with van der Waals surface area (Å²) in [5.41, 5.74) is 1.00. The molecule has 2 rings (SSSR count). The Morgan fingerprint density at radius 1 is 1.50 bits per heavy atom. The average Bonchev–Trinajstić information content (AvgIpc) is 2.85. The second-order valence-corrected chi connectivity index (χ2v) is 4.02. The standard InChI is InChI=1S/C13H11ClN2O2/c1-2-6-15-13(17)11-8-12(18-16-11)9-4-3-5-10(14)7-9/h2-5,7-8H,1,6H2,(H,15,17). The fraction of sp³-hybridized carbons (Fsp3) is 0.0769. The second kappa shape index (κ2) is 5.51. The zero-order chi connectivity index (χ0) is 13.0. The van der Waals surface area contributed by atoms with E-state index in [4.69, 9.17) is 16.1 Å². The van der Waals surface area contributed by atoms with Gasteiger partial charge < -0.3 is 9.84 Å². The highest BCUT2D eigenvalue weighted by Crippen LogP contribution is 2.23. The van der Waals surface area contributed by atoms with Crippen LogP contribution in [0.3, 0.4) is 0 Å². The molecule has 0 saturated carbocycles. The summed E-state index contributed by atoms with van der Waals surface area (Å²) in [6, 6.07) is 8.71. The summed E-state index contributed by atoms with van der Waals surface area (Å²) < 4.78 is 5.11. The van der Waals surface area contributed by atoms with Gasteiger partial charge in [-0.15, -0.1) is 6.58 Å². The Morgan fingerprint density at radius 3 is 3.06 bits per heavy atom. The first kappa shape index (κ1) is 12.4. The molecule has 92 valence electrons. The summed E-state index contributed by atoms with van der Waals surface area (Å²) in [5.74, 6) is 0.202. The first-order valence-electron chi connectivity index (χ1n) is 5.32. The Labute approximate surface area is 109 Å². The van der Waals surface area contributed by atoms with Crippen LogP contribution < -0.4 is 5.32 Å². The van der Waals surface area contributed by atoms with Crippen molar-refractivity contribution in [2.24, 2.45) is 0 Å². The van der Waals surface area contributed by atoms with Gasteiger partial charge in [-0.25, -0.2) is 0 Å². The third-order valence-corrected chi connectivity index (χ3v) is 2.49. The summed E-state index contributed by atoms with van der Waals surface area (Å²) in [6.07, 6.45) is 1.59. The lowest BCUT2D eigenvalue weighted by Gasteiger charge is -1.96. The maximum Gasteiger partial charge on any atom is 0.273 e. The lowest BCUT2D eigenvalue weighted by molar-refractivity contribution is 0.0949. The number of nitrogens with one attached hydrogen (secondary N) is 1. The Balaban J connectivity index is 2.20. The largest absolute Gasteiger partial charge is 0.355 e. The Kier molecular flexibility index (Phi) is 3.79. The topological polar surface area (TPSA) is 55.1 Å². The van der Waals surface area contributed by atoms with Crippen molar-refractivity contribution < 1.29 is 9.32 Å². The van der Waals surface area contributed by atoms with Crippen LogP contribution in [-0.4, -0.2) is 17.6 Å². The quantitative estimate of drug-likeness (QED) is 0.862. The van der Waals surface area contributed by atoms with Gasteiger partial charge in [0, 0.05) is 23.2 Å². The van der Waals surface area contributed by atoms with E-state index in [-0.39, 0.29) is 11.6 Å². The predicted octanol–water partition coefficient (Wildman–Crippen LogP) is 2.91. The van der Waals surface area contributed by atoms with Crippen LogP contribution in [-0.2, 0) is 0 Å². The van der Waals surface area contributed by atoms with Gasteiger partial charge in [0.05, 0.1) is 0 Å². The molecule has 1 N–H and O–H groups in total. The van der Waals surface area contributed by atoms with Crippen LogP contribution in [0.5, 0.6) is 0 Å². The molecule has 1 aromatic carbocycles. The number of benzene rings is 1. The minimum absolute atomic E-state index is 0.229. The van der Waals surface area contributed by atoms with Gasteiger partial charge in [0.15, 0.2) is 11.5 Å². The molecule has 1 amide bonds. The number of nitrogens with zero attached hydrogens (tertiary/aromatic N) is 1. The van der Waals surface area contributed by atoms with Crippen molar-refractivity contribution in [2.45, 2.75) is 0 Å². The van der Waals surface area contributed by atoms with Crippen molar-refractivity contribution >= 4 is 17.5 Å². The molecule has 0 bridgehead atoms. The smallest absolute Gasteiger partial charge is 0.273 e. The molecule has 0 aliphatic carbocycles. The van der Waals surface area contributed by atoms with E-state index in [2.05, 4.69) is 17.1 Å². The number of hydrogen-bond donors (Lipinski definition) is 1. The molecule has 0 aliphatic heterocycles. The van der Waals surface area contributed by atoms with Crippen molar-refractivity contribution in [2.75, 3.05) is 6.54 Å². The minimum Gasteiger partial charge on any atom is -0.355 e. The van der Waals surface area contributed by atoms with Gasteiger partial charge in [0.1, 0.15) is 0 Å². The molecule has 0 unspecified atom stereocenters. The van der Waals surface area contributed by atoms with E-state index < -0.39 is 0 Å². The third-order valence-electron chi connectivity index (χ3n) is 2.26. The number of hydrogen-bond acceptors (Lipinski definition) is 3. The zero-order valence-electron chi connectivity index (χ0n) is 9.52. The summed E-state index contributed by atoms with van der Waals surface area (Å²) >= 11 is 5.88. The van der Waals surface area contributed by atoms with Gasteiger partial charge in [-0.2, -0.15) is 0 Å². The Bertz CT molecular complexity index is 578. The fourth-order valence-corrected chi connectivity index (χ4v) is 1.61. The number of carbonyl (C=O) groups excluding carboxylic acids is 1. The third kappa shape index (κ3) is 2.78. The van der Waals surface area contributed by atoms with Gasteiger partial charge in [0.2, 0.25) is 0 Å². The molecule has 0 saturated heterocycles. The molecule has 4 nitrogen and oxygen atoms in total. The summed E-state index contributed by atoms with van der Waals surface area (Å²) in [5, 5.41) is 6.93. The van der Waals surface area contributed by atoms with E-state index in [1.165, 1.54) is 0 Å². The average molecular weight is 263 g/mol. The van der Waals surface area contributed by atoms with Crippen molar-refractivity contribution in [1.29, 1.82) is 0 Å². The summed E-state index contributed by atoms with van der Waals surface area (Å²) in [7, 11) is 0. The van der Waals surface area contributed by atoms with Crippen molar-refractivity contribution in [1.82, 2.24) is 10.5 Å². The van der Waals surface area contributed by atoms with Crippen molar-refractivity contribution in [3.8, 4) is 11.3 Å². The van der Waals surface area contributed by atoms with Crippen LogP contribution in [0.1, 0.15) is 10.5 Å². The van der Waals surface area contributed by atoms with Crippen LogP contribution in [0.15, 0.2) is 47.5 Å². The minimum atomic E-state index is -0.299.